The Kier molecular flexibility index (Phi) is 4.45. The van der Waals surface area contributed by atoms with Crippen LogP contribution in [0, 0.1) is 5.41 Å². The molecular formula is C16H14BrN5O2S. The number of amidine groups is 3. The number of rotatable bonds is 1. The van der Waals surface area contributed by atoms with Crippen molar-refractivity contribution in [3.05, 3.63) is 39.9 Å². The molecule has 0 radical (unpaired) electrons. The molecule has 0 spiro atoms. The Morgan fingerprint density at radius 2 is 1.92 bits per heavy atom. The van der Waals surface area contributed by atoms with Crippen molar-refractivity contribution < 1.29 is 9.53 Å². The van der Waals surface area contributed by atoms with E-state index in [9.17, 15) is 4.79 Å². The first-order chi connectivity index (χ1) is 12.1. The number of hydrazone groups is 1. The molecule has 0 bridgehead atoms. The maximum atomic E-state index is 12.4. The lowest BCUT2D eigenvalue weighted by molar-refractivity contribution is -0.114. The van der Waals surface area contributed by atoms with Gasteiger partial charge in [0.15, 0.2) is 11.0 Å². The van der Waals surface area contributed by atoms with Gasteiger partial charge in [0.2, 0.25) is 5.17 Å². The van der Waals surface area contributed by atoms with Gasteiger partial charge in [-0.2, -0.15) is 10.0 Å². The highest BCUT2D eigenvalue weighted by molar-refractivity contribution is 9.10. The minimum Gasteiger partial charge on any atom is -0.378 e. The number of ether oxygens (including phenoxy) is 1. The summed E-state index contributed by atoms with van der Waals surface area (Å²) in [5.74, 6) is -0.362. The molecule has 25 heavy (non-hydrogen) atoms. The smallest absolute Gasteiger partial charge is 0.283 e. The van der Waals surface area contributed by atoms with Gasteiger partial charge in [0.25, 0.3) is 5.91 Å². The van der Waals surface area contributed by atoms with E-state index in [2.05, 4.69) is 30.9 Å². The van der Waals surface area contributed by atoms with Crippen LogP contribution < -0.4 is 0 Å². The minimum atomic E-state index is -0.412. The fraction of sp³-hybridized carbons (Fsp3) is 0.250. The Morgan fingerprint density at radius 3 is 2.64 bits per heavy atom. The molecule has 1 fully saturated rings. The molecule has 9 heteroatoms. The van der Waals surface area contributed by atoms with Gasteiger partial charge in [0, 0.05) is 17.6 Å². The van der Waals surface area contributed by atoms with Crippen LogP contribution in [0.3, 0.4) is 0 Å². The first kappa shape index (κ1) is 16.5. The van der Waals surface area contributed by atoms with E-state index in [0.29, 0.717) is 18.4 Å². The Morgan fingerprint density at radius 1 is 1.20 bits per heavy atom. The highest BCUT2D eigenvalue weighted by atomic mass is 79.9. The summed E-state index contributed by atoms with van der Waals surface area (Å²) in [6, 6.07) is 7.52. The van der Waals surface area contributed by atoms with Crippen molar-refractivity contribution in [1.29, 1.82) is 5.41 Å². The van der Waals surface area contributed by atoms with Gasteiger partial charge in [-0.05, 0) is 35.5 Å². The Bertz CT molecular complexity index is 827. The van der Waals surface area contributed by atoms with Crippen molar-refractivity contribution >= 4 is 55.8 Å². The molecule has 3 aliphatic heterocycles. The molecule has 1 N–H and O–H groups in total. The lowest BCUT2D eigenvalue weighted by Crippen LogP contribution is -2.39. The average molecular weight is 420 g/mol. The van der Waals surface area contributed by atoms with Crippen LogP contribution >= 0.6 is 27.7 Å². The van der Waals surface area contributed by atoms with Gasteiger partial charge in [-0.15, -0.1) is 5.10 Å². The molecule has 0 aromatic heterocycles. The number of hydrogen-bond acceptors (Lipinski definition) is 6. The van der Waals surface area contributed by atoms with E-state index >= 15 is 0 Å². The maximum absolute atomic E-state index is 12.4. The number of carbonyl (C=O) groups is 1. The van der Waals surface area contributed by atoms with Crippen molar-refractivity contribution in [2.45, 2.75) is 0 Å². The second-order valence-corrected chi connectivity index (χ2v) is 7.40. The van der Waals surface area contributed by atoms with Gasteiger partial charge in [0.1, 0.15) is 0 Å². The largest absolute Gasteiger partial charge is 0.378 e. The summed E-state index contributed by atoms with van der Waals surface area (Å²) >= 11 is 4.70. The maximum Gasteiger partial charge on any atom is 0.283 e. The average Bonchev–Trinajstić information content (AvgIpc) is 3.05. The second-order valence-electron chi connectivity index (χ2n) is 5.55. The van der Waals surface area contributed by atoms with E-state index in [0.717, 1.165) is 28.3 Å². The Hall–Kier alpha value is -1.97. The van der Waals surface area contributed by atoms with Crippen LogP contribution in [0.25, 0.3) is 6.08 Å². The second kappa shape index (κ2) is 6.74. The predicted molar refractivity (Wildman–Crippen MR) is 102 cm³/mol. The van der Waals surface area contributed by atoms with Crippen molar-refractivity contribution in [1.82, 2.24) is 9.91 Å². The SMILES string of the molecule is N=C1/C(=C\c2ccc(Br)cc2)C(=O)N=C2SC(N3CCOCC3)=NN12. The summed E-state index contributed by atoms with van der Waals surface area (Å²) in [5.41, 5.74) is 1.07. The third kappa shape index (κ3) is 3.26. The third-order valence-electron chi connectivity index (χ3n) is 3.91. The quantitative estimate of drug-likeness (QED) is 0.706. The van der Waals surface area contributed by atoms with Crippen molar-refractivity contribution in [3.8, 4) is 0 Å². The predicted octanol–water partition coefficient (Wildman–Crippen LogP) is 2.36. The highest BCUT2D eigenvalue weighted by Crippen LogP contribution is 2.29. The van der Waals surface area contributed by atoms with E-state index in [-0.39, 0.29) is 11.4 Å². The molecule has 1 aromatic carbocycles. The summed E-state index contributed by atoms with van der Waals surface area (Å²) < 4.78 is 6.30. The van der Waals surface area contributed by atoms with Gasteiger partial charge >= 0.3 is 0 Å². The zero-order valence-electron chi connectivity index (χ0n) is 13.1. The van der Waals surface area contributed by atoms with Crippen LogP contribution in [0.2, 0.25) is 0 Å². The monoisotopic (exact) mass is 419 g/mol. The minimum absolute atomic E-state index is 0.0497. The normalized spacial score (nSPS) is 22.2. The standard InChI is InChI=1S/C16H14BrN5O2S/c17-11-3-1-10(2-4-11)9-12-13(18)22-15(19-14(12)23)25-16(20-22)21-5-7-24-8-6-21/h1-4,9,18H,5-8H2/b12-9+,18-13?. The molecule has 128 valence electrons. The number of morpholine rings is 1. The van der Waals surface area contributed by atoms with Crippen LogP contribution in [0.4, 0.5) is 0 Å². The number of carbonyl (C=O) groups excluding carboxylic acids is 1. The summed E-state index contributed by atoms with van der Waals surface area (Å²) in [6.45, 7) is 2.79. The zero-order chi connectivity index (χ0) is 17.4. The Labute approximate surface area is 157 Å². The zero-order valence-corrected chi connectivity index (χ0v) is 15.5. The van der Waals surface area contributed by atoms with Gasteiger partial charge in [-0.1, -0.05) is 28.1 Å². The molecule has 4 rings (SSSR count). The van der Waals surface area contributed by atoms with E-state index in [1.807, 2.05) is 24.3 Å². The van der Waals surface area contributed by atoms with Gasteiger partial charge in [-0.3, -0.25) is 10.2 Å². The number of nitrogens with one attached hydrogen (secondary N) is 1. The number of aliphatic imine (C=N–C) groups is 1. The van der Waals surface area contributed by atoms with Crippen LogP contribution in [-0.4, -0.2) is 58.3 Å². The molecule has 0 unspecified atom stereocenters. The van der Waals surface area contributed by atoms with Gasteiger partial charge in [-0.25, -0.2) is 0 Å². The lowest BCUT2D eigenvalue weighted by Gasteiger charge is -2.26. The number of benzene rings is 1. The van der Waals surface area contributed by atoms with E-state index in [1.165, 1.54) is 16.8 Å². The van der Waals surface area contributed by atoms with Crippen LogP contribution in [0.1, 0.15) is 5.56 Å². The topological polar surface area (TPSA) is 81.3 Å². The molecular weight excluding hydrogens is 406 g/mol. The van der Waals surface area contributed by atoms with Crippen LogP contribution in [0.15, 0.2) is 44.4 Å². The molecule has 0 atom stereocenters. The van der Waals surface area contributed by atoms with Crippen molar-refractivity contribution in [3.63, 3.8) is 0 Å². The highest BCUT2D eigenvalue weighted by Gasteiger charge is 2.37. The molecule has 1 amide bonds. The number of nitrogens with zero attached hydrogens (tertiary/aromatic N) is 4. The lowest BCUT2D eigenvalue weighted by atomic mass is 10.1. The number of fused-ring (bicyclic) bond motifs is 1. The van der Waals surface area contributed by atoms with Gasteiger partial charge < -0.3 is 9.64 Å². The summed E-state index contributed by atoms with van der Waals surface area (Å²) in [7, 11) is 0. The molecule has 0 saturated carbocycles. The number of amides is 1. The van der Waals surface area contributed by atoms with E-state index in [4.69, 9.17) is 10.1 Å². The van der Waals surface area contributed by atoms with Crippen molar-refractivity contribution in [2.75, 3.05) is 26.3 Å². The van der Waals surface area contributed by atoms with Crippen molar-refractivity contribution in [2.24, 2.45) is 10.1 Å². The number of halogens is 1. The molecule has 7 nitrogen and oxygen atoms in total. The first-order valence-electron chi connectivity index (χ1n) is 7.70. The summed E-state index contributed by atoms with van der Waals surface area (Å²) in [6.07, 6.45) is 1.67. The number of thioether (sulfide) groups is 1. The van der Waals surface area contributed by atoms with Crippen LogP contribution in [0.5, 0.6) is 0 Å². The summed E-state index contributed by atoms with van der Waals surface area (Å²) in [5, 5.41) is 15.5. The van der Waals surface area contributed by atoms with E-state index < -0.39 is 5.91 Å². The Balaban J connectivity index is 1.62. The molecule has 1 saturated heterocycles. The first-order valence-corrected chi connectivity index (χ1v) is 9.31. The number of hydrogen-bond donors (Lipinski definition) is 1. The molecule has 0 aliphatic carbocycles. The van der Waals surface area contributed by atoms with E-state index in [1.54, 1.807) is 6.08 Å². The molecule has 1 aromatic rings. The van der Waals surface area contributed by atoms with Crippen LogP contribution in [-0.2, 0) is 9.53 Å². The third-order valence-corrected chi connectivity index (χ3v) is 5.40. The molecule has 3 aliphatic rings. The fourth-order valence-corrected chi connectivity index (χ4v) is 3.80. The van der Waals surface area contributed by atoms with Gasteiger partial charge in [0.05, 0.1) is 18.8 Å². The molecule has 3 heterocycles. The fourth-order valence-electron chi connectivity index (χ4n) is 2.59. The summed E-state index contributed by atoms with van der Waals surface area (Å²) in [4.78, 5) is 18.6.